The maximum absolute atomic E-state index is 11.7. The maximum atomic E-state index is 11.7. The molecule has 1 N–H and O–H groups in total. The summed E-state index contributed by atoms with van der Waals surface area (Å²) in [6.45, 7) is 4.22. The van der Waals surface area contributed by atoms with E-state index in [0.717, 1.165) is 44.2 Å². The minimum atomic E-state index is 0.144. The van der Waals surface area contributed by atoms with Crippen LogP contribution in [-0.2, 0) is 4.79 Å². The van der Waals surface area contributed by atoms with Gasteiger partial charge >= 0.3 is 0 Å². The zero-order valence-corrected chi connectivity index (χ0v) is 10.3. The van der Waals surface area contributed by atoms with E-state index in [1.165, 1.54) is 6.42 Å². The number of amides is 1. The van der Waals surface area contributed by atoms with Crippen LogP contribution in [0.1, 0.15) is 12.8 Å². The van der Waals surface area contributed by atoms with Crippen molar-refractivity contribution in [2.75, 3.05) is 42.9 Å². The largest absolute Gasteiger partial charge is 0.361 e. The van der Waals surface area contributed by atoms with E-state index in [0.29, 0.717) is 6.54 Å². The Kier molecular flexibility index (Phi) is 3.00. The molecule has 1 aromatic heterocycles. The van der Waals surface area contributed by atoms with Gasteiger partial charge in [0.15, 0.2) is 0 Å². The second kappa shape index (κ2) is 4.80. The third kappa shape index (κ3) is 2.23. The van der Waals surface area contributed by atoms with Crippen LogP contribution in [0.3, 0.4) is 0 Å². The Morgan fingerprint density at radius 2 is 2.00 bits per heavy atom. The normalized spacial score (nSPS) is 18.0. The van der Waals surface area contributed by atoms with Gasteiger partial charge in [-0.1, -0.05) is 0 Å². The Morgan fingerprint density at radius 3 is 2.61 bits per heavy atom. The number of carbonyl (C=O) groups excluding carboxylic acids is 1. The van der Waals surface area contributed by atoms with E-state index in [9.17, 15) is 4.79 Å². The highest BCUT2D eigenvalue weighted by Gasteiger charge is 2.20. The predicted octanol–water partition coefficient (Wildman–Crippen LogP) is 0.331. The van der Waals surface area contributed by atoms with Crippen LogP contribution < -0.4 is 10.2 Å². The standard InChI is InChI=1S/C12H17N5O/c18-12(17-5-2-6-17)8-13-10-7-11(15-9-14-10)16-3-1-4-16/h7,9H,1-6,8H2,(H,13,14,15). The molecule has 3 rings (SSSR count). The zero-order valence-electron chi connectivity index (χ0n) is 10.3. The summed E-state index contributed by atoms with van der Waals surface area (Å²) in [5.74, 6) is 1.81. The van der Waals surface area contributed by atoms with E-state index < -0.39 is 0 Å². The molecule has 96 valence electrons. The van der Waals surface area contributed by atoms with Crippen molar-refractivity contribution in [1.29, 1.82) is 0 Å². The average molecular weight is 247 g/mol. The van der Waals surface area contributed by atoms with E-state index in [4.69, 9.17) is 0 Å². The topological polar surface area (TPSA) is 61.4 Å². The molecule has 0 atom stereocenters. The number of hydrogen-bond acceptors (Lipinski definition) is 5. The molecule has 18 heavy (non-hydrogen) atoms. The third-order valence-corrected chi connectivity index (χ3v) is 3.46. The van der Waals surface area contributed by atoms with Crippen molar-refractivity contribution in [2.24, 2.45) is 0 Å². The van der Waals surface area contributed by atoms with Gasteiger partial charge in [-0.25, -0.2) is 9.97 Å². The second-order valence-corrected chi connectivity index (χ2v) is 4.69. The van der Waals surface area contributed by atoms with E-state index >= 15 is 0 Å². The molecule has 1 amide bonds. The highest BCUT2D eigenvalue weighted by atomic mass is 16.2. The molecule has 6 heteroatoms. The van der Waals surface area contributed by atoms with Crippen molar-refractivity contribution in [3.63, 3.8) is 0 Å². The fourth-order valence-corrected chi connectivity index (χ4v) is 2.01. The van der Waals surface area contributed by atoms with Crippen LogP contribution in [0.4, 0.5) is 11.6 Å². The maximum Gasteiger partial charge on any atom is 0.241 e. The molecule has 2 aliphatic rings. The summed E-state index contributed by atoms with van der Waals surface area (Å²) in [6, 6.07) is 1.91. The molecule has 2 aliphatic heterocycles. The Morgan fingerprint density at radius 1 is 1.22 bits per heavy atom. The van der Waals surface area contributed by atoms with E-state index in [2.05, 4.69) is 20.2 Å². The first-order valence-corrected chi connectivity index (χ1v) is 6.41. The van der Waals surface area contributed by atoms with Crippen LogP contribution in [0.25, 0.3) is 0 Å². The van der Waals surface area contributed by atoms with Gasteiger partial charge in [0.2, 0.25) is 5.91 Å². The summed E-state index contributed by atoms with van der Waals surface area (Å²) >= 11 is 0. The Bertz CT molecular complexity index is 442. The summed E-state index contributed by atoms with van der Waals surface area (Å²) in [5, 5.41) is 3.07. The van der Waals surface area contributed by atoms with Crippen LogP contribution in [0.2, 0.25) is 0 Å². The third-order valence-electron chi connectivity index (χ3n) is 3.46. The molecule has 0 unspecified atom stereocenters. The van der Waals surface area contributed by atoms with Crippen molar-refractivity contribution in [3.8, 4) is 0 Å². The molecule has 0 radical (unpaired) electrons. The lowest BCUT2D eigenvalue weighted by Crippen LogP contribution is -2.44. The van der Waals surface area contributed by atoms with Crippen LogP contribution in [0, 0.1) is 0 Å². The molecule has 1 aromatic rings. The van der Waals surface area contributed by atoms with Crippen LogP contribution >= 0.6 is 0 Å². The number of aromatic nitrogens is 2. The average Bonchev–Trinajstić information content (AvgIpc) is 2.22. The molecular weight excluding hydrogens is 230 g/mol. The second-order valence-electron chi connectivity index (χ2n) is 4.69. The highest BCUT2D eigenvalue weighted by molar-refractivity contribution is 5.81. The molecule has 6 nitrogen and oxygen atoms in total. The summed E-state index contributed by atoms with van der Waals surface area (Å²) in [5.41, 5.74) is 0. The van der Waals surface area contributed by atoms with Crippen LogP contribution in [-0.4, -0.2) is 53.5 Å². The Balaban J connectivity index is 1.56. The van der Waals surface area contributed by atoms with Gasteiger partial charge < -0.3 is 15.1 Å². The smallest absolute Gasteiger partial charge is 0.241 e. The molecule has 0 saturated carbocycles. The quantitative estimate of drug-likeness (QED) is 0.831. The monoisotopic (exact) mass is 247 g/mol. The molecule has 0 aromatic carbocycles. The zero-order chi connectivity index (χ0) is 12.4. The molecule has 0 bridgehead atoms. The fourth-order valence-electron chi connectivity index (χ4n) is 2.01. The van der Waals surface area contributed by atoms with E-state index in [1.807, 2.05) is 11.0 Å². The van der Waals surface area contributed by atoms with Gasteiger partial charge in [0, 0.05) is 32.2 Å². The van der Waals surface area contributed by atoms with Gasteiger partial charge in [-0.2, -0.15) is 0 Å². The molecule has 0 aliphatic carbocycles. The Hall–Kier alpha value is -1.85. The highest BCUT2D eigenvalue weighted by Crippen LogP contribution is 2.19. The van der Waals surface area contributed by atoms with Gasteiger partial charge in [-0.15, -0.1) is 0 Å². The first-order valence-electron chi connectivity index (χ1n) is 6.41. The SMILES string of the molecule is O=C(CNc1cc(N2CCC2)ncn1)N1CCC1. The molecule has 2 saturated heterocycles. The lowest BCUT2D eigenvalue weighted by Gasteiger charge is -2.32. The first kappa shape index (κ1) is 11.3. The number of carbonyl (C=O) groups is 1. The number of rotatable bonds is 4. The number of nitrogens with zero attached hydrogens (tertiary/aromatic N) is 4. The van der Waals surface area contributed by atoms with Gasteiger partial charge in [0.05, 0.1) is 6.54 Å². The number of nitrogens with one attached hydrogen (secondary N) is 1. The molecular formula is C12H17N5O. The summed E-state index contributed by atoms with van der Waals surface area (Å²) in [4.78, 5) is 24.1. The summed E-state index contributed by atoms with van der Waals surface area (Å²) in [6.07, 6.45) is 3.89. The first-order chi connectivity index (χ1) is 8.83. The number of likely N-dealkylation sites (tertiary alicyclic amines) is 1. The fraction of sp³-hybridized carbons (Fsp3) is 0.583. The van der Waals surface area contributed by atoms with Crippen molar-refractivity contribution in [1.82, 2.24) is 14.9 Å². The van der Waals surface area contributed by atoms with Crippen LogP contribution in [0.5, 0.6) is 0 Å². The molecule has 2 fully saturated rings. The van der Waals surface area contributed by atoms with Gasteiger partial charge in [-0.3, -0.25) is 4.79 Å². The molecule has 0 spiro atoms. The van der Waals surface area contributed by atoms with Crippen molar-refractivity contribution in [2.45, 2.75) is 12.8 Å². The number of anilines is 2. The van der Waals surface area contributed by atoms with Gasteiger partial charge in [0.1, 0.15) is 18.0 Å². The lowest BCUT2D eigenvalue weighted by atomic mass is 10.2. The minimum absolute atomic E-state index is 0.144. The Labute approximate surface area is 106 Å². The number of hydrogen-bond donors (Lipinski definition) is 1. The van der Waals surface area contributed by atoms with Gasteiger partial charge in [0.25, 0.3) is 0 Å². The van der Waals surface area contributed by atoms with E-state index in [-0.39, 0.29) is 5.91 Å². The van der Waals surface area contributed by atoms with Crippen molar-refractivity contribution < 1.29 is 4.79 Å². The predicted molar refractivity (Wildman–Crippen MR) is 68.5 cm³/mol. The summed E-state index contributed by atoms with van der Waals surface area (Å²) in [7, 11) is 0. The van der Waals surface area contributed by atoms with Crippen molar-refractivity contribution in [3.05, 3.63) is 12.4 Å². The summed E-state index contributed by atoms with van der Waals surface area (Å²) < 4.78 is 0. The van der Waals surface area contributed by atoms with Crippen LogP contribution in [0.15, 0.2) is 12.4 Å². The van der Waals surface area contributed by atoms with Crippen molar-refractivity contribution >= 4 is 17.5 Å². The lowest BCUT2D eigenvalue weighted by molar-refractivity contribution is -0.132. The van der Waals surface area contributed by atoms with E-state index in [1.54, 1.807) is 6.33 Å². The minimum Gasteiger partial charge on any atom is -0.361 e. The molecule has 3 heterocycles. The van der Waals surface area contributed by atoms with Gasteiger partial charge in [-0.05, 0) is 12.8 Å².